The number of furan rings is 1. The van der Waals surface area contributed by atoms with Crippen molar-refractivity contribution in [2.45, 2.75) is 31.8 Å². The minimum Gasteiger partial charge on any atom is -0.456 e. The van der Waals surface area contributed by atoms with E-state index in [0.717, 1.165) is 22.3 Å². The average molecular weight is 478 g/mol. The first kappa shape index (κ1) is 23.5. The molecule has 36 heavy (non-hydrogen) atoms. The molecule has 3 heterocycles. The number of pyridine rings is 2. The first-order valence-corrected chi connectivity index (χ1v) is 11.8. The summed E-state index contributed by atoms with van der Waals surface area (Å²) < 4.78 is 5.89. The van der Waals surface area contributed by atoms with Crippen LogP contribution in [0.4, 0.5) is 0 Å². The van der Waals surface area contributed by atoms with Gasteiger partial charge in [-0.2, -0.15) is 0 Å². The molecule has 5 rings (SSSR count). The fraction of sp³-hybridized carbons (Fsp3) is 0.167. The van der Waals surface area contributed by atoms with Crippen molar-refractivity contribution in [1.29, 1.82) is 0 Å². The number of benzene rings is 2. The van der Waals surface area contributed by atoms with E-state index in [1.807, 2.05) is 37.3 Å². The normalized spacial score (nSPS) is 13.9. The lowest BCUT2D eigenvalue weighted by Gasteiger charge is -2.27. The number of hydrogen-bond donors (Lipinski definition) is 2. The standard InChI is InChI=1S/C30H27N3O3/c1-18-8-9-22(19(2)16-18)27(20-6-4-3-5-7-20)28(30(31)35)23-10-11-25-24(33-23)17-26(36-25)29(34)21-12-14-32-15-13-21/h3-17,27-29,34H,1-2H3,(H2,31,35)/t27-,28?,29?/m0/s1. The Morgan fingerprint density at radius 3 is 2.36 bits per heavy atom. The van der Waals surface area contributed by atoms with Gasteiger partial charge in [0.05, 0.1) is 11.6 Å². The molecule has 0 fully saturated rings. The highest BCUT2D eigenvalue weighted by Crippen LogP contribution is 2.40. The largest absolute Gasteiger partial charge is 0.456 e. The van der Waals surface area contributed by atoms with Crippen molar-refractivity contribution in [3.63, 3.8) is 0 Å². The maximum Gasteiger partial charge on any atom is 0.227 e. The molecular formula is C30H27N3O3. The topological polar surface area (TPSA) is 102 Å². The van der Waals surface area contributed by atoms with Crippen LogP contribution in [0.3, 0.4) is 0 Å². The van der Waals surface area contributed by atoms with Gasteiger partial charge in [0.15, 0.2) is 5.58 Å². The van der Waals surface area contributed by atoms with Gasteiger partial charge in [-0.15, -0.1) is 0 Å². The van der Waals surface area contributed by atoms with E-state index in [-0.39, 0.29) is 5.92 Å². The molecule has 3 aromatic heterocycles. The van der Waals surface area contributed by atoms with Gasteiger partial charge in [-0.3, -0.25) is 9.78 Å². The molecule has 3 atom stereocenters. The number of rotatable bonds is 7. The molecule has 0 bridgehead atoms. The Morgan fingerprint density at radius 1 is 0.917 bits per heavy atom. The number of amides is 1. The van der Waals surface area contributed by atoms with Crippen molar-refractivity contribution in [2.75, 3.05) is 0 Å². The van der Waals surface area contributed by atoms with Crippen LogP contribution in [-0.2, 0) is 4.79 Å². The maximum absolute atomic E-state index is 13.0. The number of carbonyl (C=O) groups is 1. The minimum absolute atomic E-state index is 0.317. The van der Waals surface area contributed by atoms with Crippen LogP contribution in [0, 0.1) is 13.8 Å². The molecule has 5 aromatic rings. The molecule has 1 amide bonds. The zero-order valence-corrected chi connectivity index (χ0v) is 20.1. The Morgan fingerprint density at radius 2 is 1.67 bits per heavy atom. The molecular weight excluding hydrogens is 450 g/mol. The van der Waals surface area contributed by atoms with Crippen molar-refractivity contribution < 1.29 is 14.3 Å². The number of aliphatic hydroxyl groups excluding tert-OH is 1. The van der Waals surface area contributed by atoms with Crippen molar-refractivity contribution in [3.8, 4) is 0 Å². The SMILES string of the molecule is Cc1ccc([C@H](c2ccccc2)C(C(N)=O)c2ccc3oc(C(O)c4ccncc4)cc3n2)c(C)c1. The number of aromatic nitrogens is 2. The summed E-state index contributed by atoms with van der Waals surface area (Å²) in [5.41, 5.74) is 12.6. The summed E-state index contributed by atoms with van der Waals surface area (Å²) in [5.74, 6) is -1.12. The van der Waals surface area contributed by atoms with E-state index in [1.165, 1.54) is 0 Å². The van der Waals surface area contributed by atoms with Crippen LogP contribution in [0.15, 0.2) is 95.7 Å². The molecule has 6 nitrogen and oxygen atoms in total. The third-order valence-corrected chi connectivity index (χ3v) is 6.58. The number of hydrogen-bond acceptors (Lipinski definition) is 5. The Labute approximate surface area is 209 Å². The molecule has 3 N–H and O–H groups in total. The van der Waals surface area contributed by atoms with Gasteiger partial charge in [-0.25, -0.2) is 4.98 Å². The molecule has 0 saturated heterocycles. The Balaban J connectivity index is 1.61. The third-order valence-electron chi connectivity index (χ3n) is 6.58. The quantitative estimate of drug-likeness (QED) is 0.330. The van der Waals surface area contributed by atoms with Gasteiger partial charge in [-0.1, -0.05) is 54.1 Å². The van der Waals surface area contributed by atoms with E-state index in [9.17, 15) is 9.90 Å². The van der Waals surface area contributed by atoms with Crippen LogP contribution < -0.4 is 5.73 Å². The van der Waals surface area contributed by atoms with E-state index in [4.69, 9.17) is 15.1 Å². The molecule has 0 aliphatic rings. The van der Waals surface area contributed by atoms with Crippen LogP contribution in [0.2, 0.25) is 0 Å². The summed E-state index contributed by atoms with van der Waals surface area (Å²) in [6.07, 6.45) is 2.28. The number of aryl methyl sites for hydroxylation is 2. The average Bonchev–Trinajstić information content (AvgIpc) is 3.31. The van der Waals surface area contributed by atoms with Crippen molar-refractivity contribution in [3.05, 3.63) is 131 Å². The van der Waals surface area contributed by atoms with Gasteiger partial charge < -0.3 is 15.3 Å². The van der Waals surface area contributed by atoms with Crippen LogP contribution in [0.1, 0.15) is 57.2 Å². The highest BCUT2D eigenvalue weighted by Gasteiger charge is 2.33. The first-order chi connectivity index (χ1) is 17.4. The number of fused-ring (bicyclic) bond motifs is 1. The molecule has 0 spiro atoms. The molecule has 0 aliphatic carbocycles. The monoisotopic (exact) mass is 477 g/mol. The summed E-state index contributed by atoms with van der Waals surface area (Å²) >= 11 is 0. The summed E-state index contributed by atoms with van der Waals surface area (Å²) in [7, 11) is 0. The lowest BCUT2D eigenvalue weighted by Crippen LogP contribution is -2.29. The smallest absolute Gasteiger partial charge is 0.227 e. The van der Waals surface area contributed by atoms with Gasteiger partial charge in [0.1, 0.15) is 17.4 Å². The second-order valence-corrected chi connectivity index (χ2v) is 9.08. The molecule has 2 unspecified atom stereocenters. The highest BCUT2D eigenvalue weighted by atomic mass is 16.4. The second kappa shape index (κ2) is 9.76. The summed E-state index contributed by atoms with van der Waals surface area (Å²) in [6, 6.07) is 24.9. The number of primary amides is 1. The van der Waals surface area contributed by atoms with E-state index in [0.29, 0.717) is 28.1 Å². The van der Waals surface area contributed by atoms with E-state index in [1.54, 1.807) is 42.7 Å². The summed E-state index contributed by atoms with van der Waals surface area (Å²) in [5, 5.41) is 10.8. The third kappa shape index (κ3) is 4.51. The zero-order chi connectivity index (χ0) is 25.2. The predicted octanol–water partition coefficient (Wildman–Crippen LogP) is 5.32. The minimum atomic E-state index is -0.954. The number of aliphatic hydroxyl groups is 1. The van der Waals surface area contributed by atoms with Crippen molar-refractivity contribution >= 4 is 17.0 Å². The fourth-order valence-electron chi connectivity index (χ4n) is 4.84. The van der Waals surface area contributed by atoms with E-state index < -0.39 is 17.9 Å². The second-order valence-electron chi connectivity index (χ2n) is 9.08. The Hall–Kier alpha value is -4.29. The van der Waals surface area contributed by atoms with Crippen molar-refractivity contribution in [1.82, 2.24) is 9.97 Å². The zero-order valence-electron chi connectivity index (χ0n) is 20.1. The van der Waals surface area contributed by atoms with Gasteiger partial charge in [-0.05, 0) is 60.4 Å². The molecule has 6 heteroatoms. The van der Waals surface area contributed by atoms with Gasteiger partial charge in [0, 0.05) is 24.4 Å². The molecule has 2 aromatic carbocycles. The molecule has 180 valence electrons. The molecule has 0 radical (unpaired) electrons. The van der Waals surface area contributed by atoms with E-state index in [2.05, 4.69) is 30.1 Å². The fourth-order valence-corrected chi connectivity index (χ4v) is 4.84. The van der Waals surface area contributed by atoms with Crippen LogP contribution in [-0.4, -0.2) is 21.0 Å². The lowest BCUT2D eigenvalue weighted by molar-refractivity contribution is -0.119. The number of nitrogens with zero attached hydrogens (tertiary/aromatic N) is 2. The van der Waals surface area contributed by atoms with Crippen molar-refractivity contribution in [2.24, 2.45) is 5.73 Å². The highest BCUT2D eigenvalue weighted by molar-refractivity contribution is 5.85. The van der Waals surface area contributed by atoms with Crippen LogP contribution in [0.5, 0.6) is 0 Å². The first-order valence-electron chi connectivity index (χ1n) is 11.8. The summed E-state index contributed by atoms with van der Waals surface area (Å²) in [6.45, 7) is 4.10. The Bertz CT molecular complexity index is 1510. The van der Waals surface area contributed by atoms with Crippen LogP contribution >= 0.6 is 0 Å². The van der Waals surface area contributed by atoms with E-state index >= 15 is 0 Å². The molecule has 0 saturated carbocycles. The number of nitrogens with two attached hydrogens (primary N) is 1. The predicted molar refractivity (Wildman–Crippen MR) is 138 cm³/mol. The summed E-state index contributed by atoms with van der Waals surface area (Å²) in [4.78, 5) is 21.8. The van der Waals surface area contributed by atoms with Gasteiger partial charge >= 0.3 is 0 Å². The van der Waals surface area contributed by atoms with Gasteiger partial charge in [0.25, 0.3) is 0 Å². The van der Waals surface area contributed by atoms with Crippen LogP contribution in [0.25, 0.3) is 11.1 Å². The Kier molecular flexibility index (Phi) is 6.36. The lowest BCUT2D eigenvalue weighted by atomic mass is 9.76. The van der Waals surface area contributed by atoms with Gasteiger partial charge in [0.2, 0.25) is 5.91 Å². The maximum atomic E-state index is 13.0. The number of carbonyl (C=O) groups excluding carboxylic acids is 1. The molecule has 0 aliphatic heterocycles.